The van der Waals surface area contributed by atoms with Crippen LogP contribution in [-0.4, -0.2) is 29.8 Å². The SMILES string of the molecule is CC(=O)N(CCC(=O)Nc1ccc(C)c(Cl)c1)CCc1ccc(Cl)cc1. The molecule has 0 unspecified atom stereocenters. The van der Waals surface area contributed by atoms with Crippen molar-refractivity contribution in [3.63, 3.8) is 0 Å². The maximum absolute atomic E-state index is 12.1. The summed E-state index contributed by atoms with van der Waals surface area (Å²) in [6.45, 7) is 4.34. The summed E-state index contributed by atoms with van der Waals surface area (Å²) in [5.74, 6) is -0.201. The Bertz CT molecular complexity index is 776. The number of hydrogen-bond donors (Lipinski definition) is 1. The molecule has 26 heavy (non-hydrogen) atoms. The first-order valence-corrected chi connectivity index (χ1v) is 9.16. The van der Waals surface area contributed by atoms with E-state index in [0.717, 1.165) is 11.1 Å². The molecule has 6 heteroatoms. The van der Waals surface area contributed by atoms with E-state index in [1.54, 1.807) is 11.0 Å². The van der Waals surface area contributed by atoms with Crippen molar-refractivity contribution in [1.82, 2.24) is 4.90 Å². The molecule has 0 saturated carbocycles. The van der Waals surface area contributed by atoms with E-state index in [0.29, 0.717) is 35.2 Å². The van der Waals surface area contributed by atoms with Crippen molar-refractivity contribution >= 4 is 40.7 Å². The van der Waals surface area contributed by atoms with E-state index in [1.807, 2.05) is 43.3 Å². The topological polar surface area (TPSA) is 49.4 Å². The first kappa shape index (κ1) is 20.3. The first-order valence-electron chi connectivity index (χ1n) is 8.41. The van der Waals surface area contributed by atoms with E-state index in [9.17, 15) is 9.59 Å². The monoisotopic (exact) mass is 392 g/mol. The lowest BCUT2D eigenvalue weighted by Gasteiger charge is -2.21. The van der Waals surface area contributed by atoms with Crippen molar-refractivity contribution < 1.29 is 9.59 Å². The minimum absolute atomic E-state index is 0.0508. The molecule has 0 radical (unpaired) electrons. The van der Waals surface area contributed by atoms with E-state index in [1.165, 1.54) is 6.92 Å². The van der Waals surface area contributed by atoms with Crippen LogP contribution in [0.2, 0.25) is 10.0 Å². The Kier molecular flexibility index (Phi) is 7.49. The van der Waals surface area contributed by atoms with Crippen LogP contribution in [0.15, 0.2) is 42.5 Å². The Morgan fingerprint density at radius 2 is 1.73 bits per heavy atom. The lowest BCUT2D eigenvalue weighted by atomic mass is 10.1. The molecule has 0 spiro atoms. The molecule has 0 aliphatic heterocycles. The molecule has 0 atom stereocenters. The zero-order valence-corrected chi connectivity index (χ0v) is 16.4. The lowest BCUT2D eigenvalue weighted by Crippen LogP contribution is -2.33. The van der Waals surface area contributed by atoms with Crippen molar-refractivity contribution in [2.45, 2.75) is 26.7 Å². The number of anilines is 1. The molecule has 0 fully saturated rings. The average molecular weight is 393 g/mol. The number of halogens is 2. The Morgan fingerprint density at radius 1 is 1.04 bits per heavy atom. The molecule has 0 aliphatic rings. The number of amides is 2. The molecule has 0 bridgehead atoms. The second-order valence-electron chi connectivity index (χ2n) is 6.14. The van der Waals surface area contributed by atoms with Gasteiger partial charge < -0.3 is 10.2 Å². The number of benzene rings is 2. The van der Waals surface area contributed by atoms with Crippen LogP contribution in [0.5, 0.6) is 0 Å². The molecule has 2 rings (SSSR count). The molecule has 0 heterocycles. The van der Waals surface area contributed by atoms with Crippen molar-refractivity contribution in [3.8, 4) is 0 Å². The summed E-state index contributed by atoms with van der Waals surface area (Å²) in [4.78, 5) is 25.6. The van der Waals surface area contributed by atoms with E-state index >= 15 is 0 Å². The van der Waals surface area contributed by atoms with Crippen LogP contribution in [0, 0.1) is 6.92 Å². The molecule has 2 aromatic rings. The first-order chi connectivity index (χ1) is 12.3. The van der Waals surface area contributed by atoms with Crippen LogP contribution in [0.4, 0.5) is 5.69 Å². The van der Waals surface area contributed by atoms with Crippen molar-refractivity contribution in [2.24, 2.45) is 0 Å². The molecule has 0 aromatic heterocycles. The minimum Gasteiger partial charge on any atom is -0.342 e. The van der Waals surface area contributed by atoms with Gasteiger partial charge in [-0.25, -0.2) is 0 Å². The van der Waals surface area contributed by atoms with E-state index in [-0.39, 0.29) is 18.2 Å². The highest BCUT2D eigenvalue weighted by Gasteiger charge is 2.12. The number of carbonyl (C=O) groups is 2. The Labute approximate surface area is 164 Å². The highest BCUT2D eigenvalue weighted by Crippen LogP contribution is 2.20. The van der Waals surface area contributed by atoms with Gasteiger partial charge in [0.25, 0.3) is 0 Å². The fourth-order valence-electron chi connectivity index (χ4n) is 2.47. The molecule has 1 N–H and O–H groups in total. The predicted octanol–water partition coefficient (Wildman–Crippen LogP) is 4.72. The van der Waals surface area contributed by atoms with Gasteiger partial charge in [-0.3, -0.25) is 9.59 Å². The molecule has 4 nitrogen and oxygen atoms in total. The number of nitrogens with one attached hydrogen (secondary N) is 1. The van der Waals surface area contributed by atoms with Crippen molar-refractivity contribution in [1.29, 1.82) is 0 Å². The van der Waals surface area contributed by atoms with Gasteiger partial charge in [0.05, 0.1) is 0 Å². The summed E-state index contributed by atoms with van der Waals surface area (Å²) in [5.41, 5.74) is 2.70. The van der Waals surface area contributed by atoms with Crippen molar-refractivity contribution in [3.05, 3.63) is 63.6 Å². The average Bonchev–Trinajstić information content (AvgIpc) is 2.59. The third-order valence-electron chi connectivity index (χ3n) is 4.09. The highest BCUT2D eigenvalue weighted by molar-refractivity contribution is 6.31. The summed E-state index contributed by atoms with van der Waals surface area (Å²) in [6.07, 6.45) is 0.942. The van der Waals surface area contributed by atoms with Crippen LogP contribution in [0.25, 0.3) is 0 Å². The van der Waals surface area contributed by atoms with Gasteiger partial charge in [-0.15, -0.1) is 0 Å². The predicted molar refractivity (Wildman–Crippen MR) is 107 cm³/mol. The molecule has 2 aromatic carbocycles. The molecular formula is C20H22Cl2N2O2. The van der Waals surface area contributed by atoms with Crippen LogP contribution in [0.1, 0.15) is 24.5 Å². The van der Waals surface area contributed by atoms with Gasteiger partial charge in [0, 0.05) is 42.2 Å². The highest BCUT2D eigenvalue weighted by atomic mass is 35.5. The number of aryl methyl sites for hydroxylation is 1. The minimum atomic E-state index is -0.150. The van der Waals surface area contributed by atoms with Gasteiger partial charge in [-0.05, 0) is 48.7 Å². The van der Waals surface area contributed by atoms with Crippen molar-refractivity contribution in [2.75, 3.05) is 18.4 Å². The number of nitrogens with zero attached hydrogens (tertiary/aromatic N) is 1. The van der Waals surface area contributed by atoms with Gasteiger partial charge in [-0.2, -0.15) is 0 Å². The van der Waals surface area contributed by atoms with Crippen LogP contribution >= 0.6 is 23.2 Å². The second-order valence-corrected chi connectivity index (χ2v) is 6.99. The normalized spacial score (nSPS) is 10.5. The number of hydrogen-bond acceptors (Lipinski definition) is 2. The lowest BCUT2D eigenvalue weighted by molar-refractivity contribution is -0.129. The zero-order valence-electron chi connectivity index (χ0n) is 14.9. The molecule has 0 saturated heterocycles. The van der Waals surface area contributed by atoms with Crippen LogP contribution in [0.3, 0.4) is 0 Å². The second kappa shape index (κ2) is 9.60. The maximum atomic E-state index is 12.1. The third kappa shape index (κ3) is 6.36. The Hall–Kier alpha value is -2.04. The fourth-order valence-corrected chi connectivity index (χ4v) is 2.78. The zero-order chi connectivity index (χ0) is 19.1. The summed E-state index contributed by atoms with van der Waals surface area (Å²) in [5, 5.41) is 4.10. The summed E-state index contributed by atoms with van der Waals surface area (Å²) >= 11 is 11.9. The van der Waals surface area contributed by atoms with E-state index < -0.39 is 0 Å². The Balaban J connectivity index is 1.84. The quantitative estimate of drug-likeness (QED) is 0.740. The van der Waals surface area contributed by atoms with E-state index in [2.05, 4.69) is 5.32 Å². The summed E-state index contributed by atoms with van der Waals surface area (Å²) in [7, 11) is 0. The van der Waals surface area contributed by atoms with Gasteiger partial charge in [0.2, 0.25) is 11.8 Å². The van der Waals surface area contributed by atoms with Gasteiger partial charge in [0.15, 0.2) is 0 Å². The number of carbonyl (C=O) groups excluding carboxylic acids is 2. The molecular weight excluding hydrogens is 371 g/mol. The molecule has 2 amide bonds. The van der Waals surface area contributed by atoms with Gasteiger partial charge in [-0.1, -0.05) is 41.4 Å². The maximum Gasteiger partial charge on any atom is 0.226 e. The van der Waals surface area contributed by atoms with E-state index in [4.69, 9.17) is 23.2 Å². The molecule has 0 aliphatic carbocycles. The number of rotatable bonds is 7. The van der Waals surface area contributed by atoms with Crippen LogP contribution in [-0.2, 0) is 16.0 Å². The largest absolute Gasteiger partial charge is 0.342 e. The summed E-state index contributed by atoms with van der Waals surface area (Å²) < 4.78 is 0. The fraction of sp³-hybridized carbons (Fsp3) is 0.300. The Morgan fingerprint density at radius 3 is 2.35 bits per heavy atom. The standard InChI is InChI=1S/C20H22Cl2N2O2/c1-14-3-8-18(13-19(14)22)23-20(26)10-12-24(15(2)25)11-9-16-4-6-17(21)7-5-16/h3-8,13H,9-12H2,1-2H3,(H,23,26). The van der Waals surface area contributed by atoms with Gasteiger partial charge >= 0.3 is 0 Å². The van der Waals surface area contributed by atoms with Gasteiger partial charge in [0.1, 0.15) is 0 Å². The molecule has 138 valence electrons. The third-order valence-corrected chi connectivity index (χ3v) is 4.75. The summed E-state index contributed by atoms with van der Waals surface area (Å²) in [6, 6.07) is 12.9. The van der Waals surface area contributed by atoms with Crippen LogP contribution < -0.4 is 5.32 Å². The smallest absolute Gasteiger partial charge is 0.226 e.